The van der Waals surface area contributed by atoms with Gasteiger partial charge in [-0.1, -0.05) is 31.2 Å². The summed E-state index contributed by atoms with van der Waals surface area (Å²) in [5.41, 5.74) is 1.54. The van der Waals surface area contributed by atoms with Crippen molar-refractivity contribution in [1.82, 2.24) is 10.6 Å². The number of carbonyl (C=O) groups is 2. The monoisotopic (exact) mass is 216 g/mol. The number of hydrogen-bond donors (Lipinski definition) is 2. The molecule has 3 rings (SSSR count). The minimum Gasteiger partial charge on any atom is -0.322 e. The molecule has 0 radical (unpaired) electrons. The van der Waals surface area contributed by atoms with Crippen molar-refractivity contribution in [3.63, 3.8) is 0 Å². The summed E-state index contributed by atoms with van der Waals surface area (Å²) >= 11 is 0. The molecule has 0 saturated carbocycles. The van der Waals surface area contributed by atoms with E-state index < -0.39 is 5.54 Å². The number of hydrogen-bond acceptors (Lipinski definition) is 2. The summed E-state index contributed by atoms with van der Waals surface area (Å²) in [6, 6.07) is 7.57. The predicted octanol–water partition coefficient (Wildman–Crippen LogP) is 0.924. The van der Waals surface area contributed by atoms with Gasteiger partial charge >= 0.3 is 6.03 Å². The van der Waals surface area contributed by atoms with E-state index in [1.165, 1.54) is 0 Å². The van der Waals surface area contributed by atoms with E-state index in [-0.39, 0.29) is 17.9 Å². The van der Waals surface area contributed by atoms with Gasteiger partial charge in [-0.15, -0.1) is 0 Å². The summed E-state index contributed by atoms with van der Waals surface area (Å²) in [7, 11) is 0. The van der Waals surface area contributed by atoms with Crippen LogP contribution in [0.5, 0.6) is 0 Å². The van der Waals surface area contributed by atoms with Gasteiger partial charge in [-0.05, 0) is 11.1 Å². The van der Waals surface area contributed by atoms with Gasteiger partial charge in [0.05, 0.1) is 0 Å². The van der Waals surface area contributed by atoms with E-state index in [1.54, 1.807) is 0 Å². The van der Waals surface area contributed by atoms with E-state index in [0.29, 0.717) is 6.42 Å². The second-order valence-corrected chi connectivity index (χ2v) is 4.48. The Balaban J connectivity index is 2.10. The lowest BCUT2D eigenvalue weighted by Crippen LogP contribution is -2.49. The Kier molecular flexibility index (Phi) is 1.67. The number of urea groups is 1. The van der Waals surface area contributed by atoms with E-state index >= 15 is 0 Å². The van der Waals surface area contributed by atoms with Gasteiger partial charge in [-0.2, -0.15) is 0 Å². The molecular weight excluding hydrogens is 204 g/mol. The van der Waals surface area contributed by atoms with Gasteiger partial charge in [-0.25, -0.2) is 4.79 Å². The van der Waals surface area contributed by atoms with Crippen molar-refractivity contribution in [2.75, 3.05) is 0 Å². The number of rotatable bonds is 0. The molecule has 4 nitrogen and oxygen atoms in total. The number of carbonyl (C=O) groups excluding carboxylic acids is 2. The zero-order valence-corrected chi connectivity index (χ0v) is 8.91. The van der Waals surface area contributed by atoms with Gasteiger partial charge in [-0.3, -0.25) is 10.1 Å². The van der Waals surface area contributed by atoms with Crippen molar-refractivity contribution in [1.29, 1.82) is 0 Å². The largest absolute Gasteiger partial charge is 0.322 e. The maximum Gasteiger partial charge on any atom is 0.322 e. The summed E-state index contributed by atoms with van der Waals surface area (Å²) in [5, 5.41) is 5.10. The Labute approximate surface area is 93.0 Å². The van der Waals surface area contributed by atoms with Gasteiger partial charge in [0.1, 0.15) is 5.54 Å². The highest BCUT2D eigenvalue weighted by molar-refractivity contribution is 6.08. The first-order valence-corrected chi connectivity index (χ1v) is 5.35. The van der Waals surface area contributed by atoms with Crippen LogP contribution in [0.25, 0.3) is 0 Å². The normalized spacial score (nSPS) is 31.4. The van der Waals surface area contributed by atoms with Crippen molar-refractivity contribution >= 4 is 11.9 Å². The molecule has 1 saturated heterocycles. The van der Waals surface area contributed by atoms with Crippen LogP contribution in [-0.4, -0.2) is 17.5 Å². The number of imide groups is 1. The Morgan fingerprint density at radius 1 is 1.31 bits per heavy atom. The molecule has 1 heterocycles. The van der Waals surface area contributed by atoms with E-state index in [1.807, 2.05) is 31.2 Å². The lowest BCUT2D eigenvalue weighted by molar-refractivity contribution is -0.124. The highest BCUT2D eigenvalue weighted by Crippen LogP contribution is 2.41. The molecule has 2 aliphatic rings. The maximum atomic E-state index is 11.9. The first-order chi connectivity index (χ1) is 7.63. The van der Waals surface area contributed by atoms with Crippen LogP contribution in [0.1, 0.15) is 24.0 Å². The second kappa shape index (κ2) is 2.84. The molecule has 1 aromatic rings. The van der Waals surface area contributed by atoms with E-state index in [2.05, 4.69) is 10.6 Å². The summed E-state index contributed by atoms with van der Waals surface area (Å²) < 4.78 is 0. The van der Waals surface area contributed by atoms with Crippen LogP contribution in [0, 0.1) is 0 Å². The average molecular weight is 216 g/mol. The van der Waals surface area contributed by atoms with Crippen LogP contribution in [-0.2, 0) is 11.2 Å². The van der Waals surface area contributed by atoms with Crippen LogP contribution < -0.4 is 10.6 Å². The average Bonchev–Trinajstić information content (AvgIpc) is 2.69. The van der Waals surface area contributed by atoms with Crippen molar-refractivity contribution < 1.29 is 9.59 Å². The molecular formula is C12H12N2O2. The van der Waals surface area contributed by atoms with E-state index in [4.69, 9.17) is 0 Å². The molecule has 2 atom stereocenters. The van der Waals surface area contributed by atoms with Gasteiger partial charge < -0.3 is 5.32 Å². The van der Waals surface area contributed by atoms with Crippen LogP contribution in [0.2, 0.25) is 0 Å². The third-order valence-corrected chi connectivity index (χ3v) is 3.70. The Hall–Kier alpha value is -1.84. The Morgan fingerprint density at radius 2 is 2.06 bits per heavy atom. The van der Waals surface area contributed by atoms with Gasteiger partial charge in [0, 0.05) is 12.3 Å². The van der Waals surface area contributed by atoms with Crippen molar-refractivity contribution in [2.45, 2.75) is 24.8 Å². The smallest absolute Gasteiger partial charge is 0.322 e. The Morgan fingerprint density at radius 3 is 2.69 bits per heavy atom. The maximum absolute atomic E-state index is 11.9. The predicted molar refractivity (Wildman–Crippen MR) is 58.0 cm³/mol. The zero-order valence-electron chi connectivity index (χ0n) is 8.91. The SMILES string of the molecule is C[C@@H]1c2ccccc2CC12NC(=O)NC2=O. The molecule has 1 fully saturated rings. The molecule has 16 heavy (non-hydrogen) atoms. The van der Waals surface area contributed by atoms with Gasteiger partial charge in [0.2, 0.25) is 0 Å². The summed E-state index contributed by atoms with van der Waals surface area (Å²) in [5.74, 6) is -0.184. The van der Waals surface area contributed by atoms with Crippen LogP contribution in [0.3, 0.4) is 0 Å². The molecule has 1 aromatic carbocycles. The highest BCUT2D eigenvalue weighted by Gasteiger charge is 2.54. The molecule has 0 bridgehead atoms. The van der Waals surface area contributed by atoms with Crippen molar-refractivity contribution in [2.24, 2.45) is 0 Å². The number of nitrogens with one attached hydrogen (secondary N) is 2. The molecule has 1 aliphatic carbocycles. The van der Waals surface area contributed by atoms with Crippen LogP contribution >= 0.6 is 0 Å². The zero-order chi connectivity index (χ0) is 11.3. The molecule has 2 N–H and O–H groups in total. The first kappa shape index (κ1) is 9.39. The standard InChI is InChI=1S/C12H12N2O2/c1-7-9-5-3-2-4-8(9)6-12(7)10(15)13-11(16)14-12/h2-5,7H,6H2,1H3,(H2,13,14,15,16)/t7-,12?/m1/s1. The summed E-state index contributed by atoms with van der Waals surface area (Å²) in [6.07, 6.45) is 0.585. The highest BCUT2D eigenvalue weighted by atomic mass is 16.2. The van der Waals surface area contributed by atoms with Crippen LogP contribution in [0.4, 0.5) is 4.79 Å². The topological polar surface area (TPSA) is 58.2 Å². The third kappa shape index (κ3) is 0.988. The minimum absolute atomic E-state index is 0.0233. The molecule has 3 amide bonds. The number of amides is 3. The molecule has 1 spiro atoms. The molecule has 82 valence electrons. The fourth-order valence-corrected chi connectivity index (χ4v) is 2.77. The summed E-state index contributed by atoms with van der Waals surface area (Å²) in [4.78, 5) is 23.2. The lowest BCUT2D eigenvalue weighted by Gasteiger charge is -2.25. The van der Waals surface area contributed by atoms with Crippen LogP contribution in [0.15, 0.2) is 24.3 Å². The Bertz CT molecular complexity index is 498. The van der Waals surface area contributed by atoms with E-state index in [0.717, 1.165) is 11.1 Å². The van der Waals surface area contributed by atoms with Crippen molar-refractivity contribution in [3.8, 4) is 0 Å². The second-order valence-electron chi connectivity index (χ2n) is 4.48. The van der Waals surface area contributed by atoms with Crippen molar-refractivity contribution in [3.05, 3.63) is 35.4 Å². The number of benzene rings is 1. The number of fused-ring (bicyclic) bond motifs is 1. The van der Waals surface area contributed by atoms with Gasteiger partial charge in [0.15, 0.2) is 0 Å². The minimum atomic E-state index is -0.763. The molecule has 4 heteroatoms. The molecule has 1 aliphatic heterocycles. The first-order valence-electron chi connectivity index (χ1n) is 5.35. The summed E-state index contributed by atoms with van der Waals surface area (Å²) in [6.45, 7) is 1.98. The van der Waals surface area contributed by atoms with Gasteiger partial charge in [0.25, 0.3) is 5.91 Å². The quantitative estimate of drug-likeness (QED) is 0.634. The third-order valence-electron chi connectivity index (χ3n) is 3.70. The van der Waals surface area contributed by atoms with E-state index in [9.17, 15) is 9.59 Å². The lowest BCUT2D eigenvalue weighted by atomic mass is 9.86. The fourth-order valence-electron chi connectivity index (χ4n) is 2.77. The molecule has 1 unspecified atom stereocenters. The fraction of sp³-hybridized carbons (Fsp3) is 0.333. The molecule has 0 aromatic heterocycles.